The zero-order valence-electron chi connectivity index (χ0n) is 16.5. The molecule has 0 amide bonds. The minimum absolute atomic E-state index is 0.00530. The van der Waals surface area contributed by atoms with Crippen LogP contribution in [0, 0.1) is 5.92 Å². The van der Waals surface area contributed by atoms with Crippen LogP contribution in [0.25, 0.3) is 0 Å². The van der Waals surface area contributed by atoms with E-state index in [4.69, 9.17) is 4.74 Å². The summed E-state index contributed by atoms with van der Waals surface area (Å²) in [6, 6.07) is 22.4. The molecule has 0 aromatic heterocycles. The molecule has 2 heteroatoms. The maximum Gasteiger partial charge on any atom is 0.0650 e. The molecule has 3 rings (SSSR count). The SMILES string of the molecule is COC(C)(C)C1CCC(N(Cc2ccccc2)Cc2ccccc2)CC1. The van der Waals surface area contributed by atoms with E-state index >= 15 is 0 Å². The quantitative estimate of drug-likeness (QED) is 0.637. The van der Waals surface area contributed by atoms with Gasteiger partial charge in [0.1, 0.15) is 0 Å². The number of ether oxygens (including phenoxy) is 1. The second-order valence-corrected chi connectivity index (χ2v) is 8.19. The van der Waals surface area contributed by atoms with Gasteiger partial charge in [-0.3, -0.25) is 4.90 Å². The molecule has 0 unspecified atom stereocenters. The molecule has 0 heterocycles. The van der Waals surface area contributed by atoms with E-state index in [0.29, 0.717) is 12.0 Å². The predicted octanol–water partition coefficient (Wildman–Crippen LogP) is 5.67. The van der Waals surface area contributed by atoms with Gasteiger partial charge in [-0.15, -0.1) is 0 Å². The summed E-state index contributed by atoms with van der Waals surface area (Å²) in [4.78, 5) is 2.68. The van der Waals surface area contributed by atoms with Gasteiger partial charge in [0.25, 0.3) is 0 Å². The summed E-state index contributed by atoms with van der Waals surface area (Å²) < 4.78 is 5.75. The Kier molecular flexibility index (Phi) is 6.50. The Balaban J connectivity index is 1.69. The van der Waals surface area contributed by atoms with E-state index in [-0.39, 0.29) is 5.60 Å². The van der Waals surface area contributed by atoms with Gasteiger partial charge in [-0.2, -0.15) is 0 Å². The smallest absolute Gasteiger partial charge is 0.0650 e. The average Bonchev–Trinajstić information content (AvgIpc) is 2.69. The fourth-order valence-electron chi connectivity index (χ4n) is 4.25. The van der Waals surface area contributed by atoms with E-state index in [1.807, 2.05) is 7.11 Å². The van der Waals surface area contributed by atoms with E-state index < -0.39 is 0 Å². The third-order valence-corrected chi connectivity index (χ3v) is 6.18. The topological polar surface area (TPSA) is 12.5 Å². The van der Waals surface area contributed by atoms with Crippen molar-refractivity contribution in [2.24, 2.45) is 5.92 Å². The molecule has 0 saturated heterocycles. The lowest BCUT2D eigenvalue weighted by molar-refractivity contribution is -0.0489. The van der Waals surface area contributed by atoms with Gasteiger partial charge < -0.3 is 4.74 Å². The van der Waals surface area contributed by atoms with Crippen molar-refractivity contribution in [1.29, 1.82) is 0 Å². The first-order valence-corrected chi connectivity index (χ1v) is 9.95. The van der Waals surface area contributed by atoms with E-state index in [9.17, 15) is 0 Å². The molecule has 0 spiro atoms. The van der Waals surface area contributed by atoms with Gasteiger partial charge in [-0.05, 0) is 56.6 Å². The first-order valence-electron chi connectivity index (χ1n) is 9.95. The van der Waals surface area contributed by atoms with Crippen LogP contribution < -0.4 is 0 Å². The fraction of sp³-hybridized carbons (Fsp3) is 0.500. The van der Waals surface area contributed by atoms with E-state index in [1.165, 1.54) is 36.8 Å². The summed E-state index contributed by atoms with van der Waals surface area (Å²) in [5.41, 5.74) is 2.81. The maximum atomic E-state index is 5.75. The van der Waals surface area contributed by atoms with Gasteiger partial charge in [0.05, 0.1) is 5.60 Å². The monoisotopic (exact) mass is 351 g/mol. The lowest BCUT2D eigenvalue weighted by atomic mass is 9.76. The molecule has 1 aliphatic rings. The van der Waals surface area contributed by atoms with Crippen LogP contribution in [0.15, 0.2) is 60.7 Å². The van der Waals surface area contributed by atoms with E-state index in [2.05, 4.69) is 79.4 Å². The van der Waals surface area contributed by atoms with Crippen molar-refractivity contribution >= 4 is 0 Å². The van der Waals surface area contributed by atoms with E-state index in [0.717, 1.165) is 13.1 Å². The molecule has 1 saturated carbocycles. The second-order valence-electron chi connectivity index (χ2n) is 8.19. The molecule has 0 atom stereocenters. The Morgan fingerprint density at radius 1 is 0.808 bits per heavy atom. The Labute approximate surface area is 159 Å². The summed E-state index contributed by atoms with van der Waals surface area (Å²) in [5.74, 6) is 0.666. The first-order chi connectivity index (χ1) is 12.6. The highest BCUT2D eigenvalue weighted by Gasteiger charge is 2.34. The number of rotatable bonds is 7. The molecule has 0 N–H and O–H groups in total. The molecule has 1 fully saturated rings. The van der Waals surface area contributed by atoms with Gasteiger partial charge in [0, 0.05) is 26.2 Å². The number of methoxy groups -OCH3 is 1. The zero-order valence-corrected chi connectivity index (χ0v) is 16.5. The third kappa shape index (κ3) is 4.96. The molecule has 0 aliphatic heterocycles. The minimum Gasteiger partial charge on any atom is -0.379 e. The summed E-state index contributed by atoms with van der Waals surface area (Å²) >= 11 is 0. The van der Waals surface area contributed by atoms with Gasteiger partial charge >= 0.3 is 0 Å². The molecular weight excluding hydrogens is 318 g/mol. The van der Waals surface area contributed by atoms with Crippen LogP contribution in [0.1, 0.15) is 50.7 Å². The van der Waals surface area contributed by atoms with Crippen molar-refractivity contribution in [3.63, 3.8) is 0 Å². The van der Waals surface area contributed by atoms with Gasteiger partial charge in [-0.25, -0.2) is 0 Å². The fourth-order valence-corrected chi connectivity index (χ4v) is 4.25. The summed E-state index contributed by atoms with van der Waals surface area (Å²) in [6.07, 6.45) is 5.03. The molecular formula is C24H33NO. The lowest BCUT2D eigenvalue weighted by Crippen LogP contribution is -2.42. The molecule has 2 aromatic carbocycles. The van der Waals surface area contributed by atoms with Crippen molar-refractivity contribution in [2.45, 2.75) is 64.3 Å². The number of hydrogen-bond donors (Lipinski definition) is 0. The van der Waals surface area contributed by atoms with Gasteiger partial charge in [0.2, 0.25) is 0 Å². The molecule has 0 bridgehead atoms. The molecule has 2 aromatic rings. The molecule has 2 nitrogen and oxygen atoms in total. The number of hydrogen-bond acceptors (Lipinski definition) is 2. The predicted molar refractivity (Wildman–Crippen MR) is 109 cm³/mol. The van der Waals surface area contributed by atoms with Crippen LogP contribution in [0.4, 0.5) is 0 Å². The van der Waals surface area contributed by atoms with Crippen LogP contribution in [0.2, 0.25) is 0 Å². The van der Waals surface area contributed by atoms with Crippen LogP contribution >= 0.6 is 0 Å². The summed E-state index contributed by atoms with van der Waals surface area (Å²) in [7, 11) is 1.85. The van der Waals surface area contributed by atoms with Gasteiger partial charge in [0.15, 0.2) is 0 Å². The van der Waals surface area contributed by atoms with Crippen LogP contribution in [-0.4, -0.2) is 23.7 Å². The Bertz CT molecular complexity index is 603. The van der Waals surface area contributed by atoms with Crippen molar-refractivity contribution < 1.29 is 4.74 Å². The highest BCUT2D eigenvalue weighted by atomic mass is 16.5. The third-order valence-electron chi connectivity index (χ3n) is 6.18. The molecule has 1 aliphatic carbocycles. The molecule has 0 radical (unpaired) electrons. The van der Waals surface area contributed by atoms with Crippen molar-refractivity contribution in [3.8, 4) is 0 Å². The van der Waals surface area contributed by atoms with Crippen molar-refractivity contribution in [3.05, 3.63) is 71.8 Å². The maximum absolute atomic E-state index is 5.75. The van der Waals surface area contributed by atoms with Crippen LogP contribution in [-0.2, 0) is 17.8 Å². The minimum atomic E-state index is -0.00530. The zero-order chi connectivity index (χ0) is 18.4. The normalized spacial score (nSPS) is 21.1. The van der Waals surface area contributed by atoms with Crippen LogP contribution in [0.3, 0.4) is 0 Å². The summed E-state index contributed by atoms with van der Waals surface area (Å²) in [6.45, 7) is 6.53. The highest BCUT2D eigenvalue weighted by molar-refractivity contribution is 5.17. The number of benzene rings is 2. The molecule has 140 valence electrons. The highest BCUT2D eigenvalue weighted by Crippen LogP contribution is 2.36. The van der Waals surface area contributed by atoms with Crippen molar-refractivity contribution in [2.75, 3.05) is 7.11 Å². The van der Waals surface area contributed by atoms with Gasteiger partial charge in [-0.1, -0.05) is 60.7 Å². The van der Waals surface area contributed by atoms with Crippen molar-refractivity contribution in [1.82, 2.24) is 4.90 Å². The lowest BCUT2D eigenvalue weighted by Gasteiger charge is -2.42. The van der Waals surface area contributed by atoms with Crippen LogP contribution in [0.5, 0.6) is 0 Å². The Hall–Kier alpha value is -1.64. The van der Waals surface area contributed by atoms with E-state index in [1.54, 1.807) is 0 Å². The Morgan fingerprint density at radius 2 is 1.27 bits per heavy atom. The summed E-state index contributed by atoms with van der Waals surface area (Å²) in [5, 5.41) is 0. The molecule has 26 heavy (non-hydrogen) atoms. The standard InChI is InChI=1S/C24H33NO/c1-24(2,26-3)22-14-16-23(17-15-22)25(18-20-10-6-4-7-11-20)19-21-12-8-5-9-13-21/h4-13,22-23H,14-19H2,1-3H3. The largest absolute Gasteiger partial charge is 0.379 e. The second kappa shape index (κ2) is 8.83. The Morgan fingerprint density at radius 3 is 1.69 bits per heavy atom. The number of nitrogens with zero attached hydrogens (tertiary/aromatic N) is 1. The first kappa shape index (κ1) is 19.1. The average molecular weight is 352 g/mol.